The van der Waals surface area contributed by atoms with Gasteiger partial charge < -0.3 is 10.6 Å². The van der Waals surface area contributed by atoms with Crippen molar-refractivity contribution in [2.45, 2.75) is 6.54 Å². The lowest BCUT2D eigenvalue weighted by atomic mass is 10.2. The first-order valence-electron chi connectivity index (χ1n) is 6.15. The number of hydrogen-bond acceptors (Lipinski definition) is 2. The van der Waals surface area contributed by atoms with Gasteiger partial charge >= 0.3 is 0 Å². The lowest BCUT2D eigenvalue weighted by Crippen LogP contribution is -2.27. The Morgan fingerprint density at radius 2 is 1.70 bits per heavy atom. The molecule has 104 valence electrons. The van der Waals surface area contributed by atoms with Gasteiger partial charge in [0, 0.05) is 15.5 Å². The lowest BCUT2D eigenvalue weighted by Gasteiger charge is -2.08. The maximum atomic E-state index is 11.8. The first-order chi connectivity index (χ1) is 9.65. The van der Waals surface area contributed by atoms with Crippen molar-refractivity contribution in [3.05, 3.63) is 63.0 Å². The van der Waals surface area contributed by atoms with Crippen molar-refractivity contribution in [2.24, 2.45) is 0 Å². The number of nitrogens with one attached hydrogen (secondary N) is 2. The Labute approximate surface area is 135 Å². The first-order valence-corrected chi connectivity index (χ1v) is 7.73. The normalized spacial score (nSPS) is 10.3. The van der Waals surface area contributed by atoms with Crippen molar-refractivity contribution in [3.8, 4) is 0 Å². The molecule has 0 bridgehead atoms. The molecule has 5 heteroatoms. The van der Waals surface area contributed by atoms with E-state index in [0.717, 1.165) is 20.2 Å². The highest BCUT2D eigenvalue weighted by Crippen LogP contribution is 2.20. The summed E-state index contributed by atoms with van der Waals surface area (Å²) in [5.41, 5.74) is 1.92. The van der Waals surface area contributed by atoms with Gasteiger partial charge in [0.25, 0.3) is 0 Å². The van der Waals surface area contributed by atoms with E-state index in [9.17, 15) is 4.79 Å². The van der Waals surface area contributed by atoms with Gasteiger partial charge in [-0.1, -0.05) is 40.2 Å². The minimum atomic E-state index is -0.0611. The van der Waals surface area contributed by atoms with Crippen molar-refractivity contribution in [3.63, 3.8) is 0 Å². The van der Waals surface area contributed by atoms with Crippen LogP contribution in [-0.4, -0.2) is 12.5 Å². The van der Waals surface area contributed by atoms with Gasteiger partial charge in [0.2, 0.25) is 5.91 Å². The highest BCUT2D eigenvalue weighted by molar-refractivity contribution is 9.10. The monoisotopic (exact) mass is 396 g/mol. The summed E-state index contributed by atoms with van der Waals surface area (Å²) in [6, 6.07) is 15.5. The van der Waals surface area contributed by atoms with Crippen LogP contribution in [0, 0.1) is 0 Å². The van der Waals surface area contributed by atoms with E-state index in [1.54, 1.807) is 0 Å². The lowest BCUT2D eigenvalue weighted by molar-refractivity contribution is -0.115. The second-order valence-electron chi connectivity index (χ2n) is 4.26. The van der Waals surface area contributed by atoms with Crippen LogP contribution in [0.25, 0.3) is 0 Å². The summed E-state index contributed by atoms with van der Waals surface area (Å²) in [6.07, 6.45) is 0. The Kier molecular flexibility index (Phi) is 5.76. The average molecular weight is 398 g/mol. The molecule has 0 aliphatic rings. The molecular formula is C15H14Br2N2O. The number of rotatable bonds is 5. The first kappa shape index (κ1) is 15.2. The van der Waals surface area contributed by atoms with E-state index in [0.29, 0.717) is 6.54 Å². The fourth-order valence-electron chi connectivity index (χ4n) is 1.68. The molecule has 0 spiro atoms. The zero-order chi connectivity index (χ0) is 14.4. The molecule has 0 aromatic heterocycles. The van der Waals surface area contributed by atoms with E-state index in [1.807, 2.05) is 48.5 Å². The molecule has 3 nitrogen and oxygen atoms in total. The van der Waals surface area contributed by atoms with Gasteiger partial charge in [0.05, 0.1) is 12.2 Å². The van der Waals surface area contributed by atoms with E-state index in [4.69, 9.17) is 0 Å². The molecule has 0 atom stereocenters. The molecule has 0 saturated heterocycles. The van der Waals surface area contributed by atoms with Gasteiger partial charge in [0.15, 0.2) is 0 Å². The zero-order valence-electron chi connectivity index (χ0n) is 10.7. The Balaban J connectivity index is 1.78. The quantitative estimate of drug-likeness (QED) is 0.802. The number of anilines is 1. The van der Waals surface area contributed by atoms with Gasteiger partial charge in [-0.25, -0.2) is 0 Å². The second kappa shape index (κ2) is 7.57. The molecule has 2 aromatic rings. The van der Waals surface area contributed by atoms with Crippen LogP contribution in [0.3, 0.4) is 0 Å². The summed E-state index contributed by atoms with van der Waals surface area (Å²) < 4.78 is 1.93. The summed E-state index contributed by atoms with van der Waals surface area (Å²) in [4.78, 5) is 11.8. The summed E-state index contributed by atoms with van der Waals surface area (Å²) in [5, 5.41) is 5.97. The van der Waals surface area contributed by atoms with Crippen LogP contribution >= 0.6 is 31.9 Å². The van der Waals surface area contributed by atoms with E-state index in [-0.39, 0.29) is 12.5 Å². The van der Waals surface area contributed by atoms with Crippen LogP contribution in [0.2, 0.25) is 0 Å². The zero-order valence-corrected chi connectivity index (χ0v) is 13.9. The largest absolute Gasteiger partial charge is 0.324 e. The smallest absolute Gasteiger partial charge is 0.238 e. The Bertz CT molecular complexity index is 585. The topological polar surface area (TPSA) is 41.1 Å². The Morgan fingerprint density at radius 3 is 2.40 bits per heavy atom. The van der Waals surface area contributed by atoms with Crippen LogP contribution < -0.4 is 10.6 Å². The van der Waals surface area contributed by atoms with Crippen molar-refractivity contribution in [2.75, 3.05) is 11.9 Å². The van der Waals surface area contributed by atoms with Crippen molar-refractivity contribution < 1.29 is 4.79 Å². The van der Waals surface area contributed by atoms with Crippen molar-refractivity contribution in [1.82, 2.24) is 5.32 Å². The van der Waals surface area contributed by atoms with Crippen molar-refractivity contribution >= 4 is 43.5 Å². The average Bonchev–Trinajstić information content (AvgIpc) is 2.44. The third-order valence-electron chi connectivity index (χ3n) is 2.68. The summed E-state index contributed by atoms with van der Waals surface area (Å²) in [5.74, 6) is -0.0611. The summed E-state index contributed by atoms with van der Waals surface area (Å²) >= 11 is 6.79. The fourth-order valence-corrected chi connectivity index (χ4v) is 2.33. The molecule has 0 heterocycles. The molecule has 0 radical (unpaired) electrons. The number of hydrogen-bond donors (Lipinski definition) is 2. The van der Waals surface area contributed by atoms with E-state index in [1.165, 1.54) is 0 Å². The highest BCUT2D eigenvalue weighted by Gasteiger charge is 2.04. The van der Waals surface area contributed by atoms with Gasteiger partial charge in [-0.15, -0.1) is 0 Å². The Hall–Kier alpha value is -1.17. The molecular weight excluding hydrogens is 384 g/mol. The number of para-hydroxylation sites is 1. The summed E-state index contributed by atoms with van der Waals surface area (Å²) in [7, 11) is 0. The molecule has 1 amide bonds. The number of halogens is 2. The number of carbonyl (C=O) groups is 1. The molecule has 0 fully saturated rings. The molecule has 2 aromatic carbocycles. The van der Waals surface area contributed by atoms with E-state index >= 15 is 0 Å². The molecule has 20 heavy (non-hydrogen) atoms. The highest BCUT2D eigenvalue weighted by atomic mass is 79.9. The minimum Gasteiger partial charge on any atom is -0.324 e. The van der Waals surface area contributed by atoms with Gasteiger partial charge in [-0.3, -0.25) is 4.79 Å². The van der Waals surface area contributed by atoms with E-state index in [2.05, 4.69) is 42.5 Å². The molecule has 0 unspecified atom stereocenters. The SMILES string of the molecule is O=C(CNCc1ccc(Br)cc1)Nc1ccccc1Br. The van der Waals surface area contributed by atoms with Crippen LogP contribution in [0.4, 0.5) is 5.69 Å². The maximum Gasteiger partial charge on any atom is 0.238 e. The van der Waals surface area contributed by atoms with Crippen LogP contribution in [0.15, 0.2) is 57.5 Å². The summed E-state index contributed by atoms with van der Waals surface area (Å²) in [6.45, 7) is 0.939. The number of benzene rings is 2. The maximum absolute atomic E-state index is 11.8. The third-order valence-corrected chi connectivity index (χ3v) is 3.90. The minimum absolute atomic E-state index is 0.0611. The van der Waals surface area contributed by atoms with Gasteiger partial charge in [0.1, 0.15) is 0 Å². The molecule has 2 N–H and O–H groups in total. The predicted octanol–water partition coefficient (Wildman–Crippen LogP) is 3.94. The van der Waals surface area contributed by atoms with Gasteiger partial charge in [-0.05, 0) is 45.8 Å². The third kappa shape index (κ3) is 4.74. The fraction of sp³-hybridized carbons (Fsp3) is 0.133. The number of carbonyl (C=O) groups excluding carboxylic acids is 1. The molecule has 2 rings (SSSR count). The Morgan fingerprint density at radius 1 is 1.00 bits per heavy atom. The predicted molar refractivity (Wildman–Crippen MR) is 88.6 cm³/mol. The molecule has 0 aliphatic heterocycles. The van der Waals surface area contributed by atoms with E-state index < -0.39 is 0 Å². The second-order valence-corrected chi connectivity index (χ2v) is 6.03. The standard InChI is InChI=1S/C15H14Br2N2O/c16-12-7-5-11(6-8-12)9-18-10-15(20)19-14-4-2-1-3-13(14)17/h1-8,18H,9-10H2,(H,19,20). The van der Waals surface area contributed by atoms with Crippen LogP contribution in [0.5, 0.6) is 0 Å². The van der Waals surface area contributed by atoms with Crippen molar-refractivity contribution in [1.29, 1.82) is 0 Å². The number of amides is 1. The van der Waals surface area contributed by atoms with Crippen LogP contribution in [0.1, 0.15) is 5.56 Å². The molecule has 0 aliphatic carbocycles. The van der Waals surface area contributed by atoms with Crippen LogP contribution in [-0.2, 0) is 11.3 Å². The van der Waals surface area contributed by atoms with Gasteiger partial charge in [-0.2, -0.15) is 0 Å². The molecule has 0 saturated carbocycles.